The van der Waals surface area contributed by atoms with Crippen LogP contribution in [0.15, 0.2) is 47.4 Å². The maximum atomic E-state index is 14.6. The van der Waals surface area contributed by atoms with E-state index in [1.165, 1.54) is 16.5 Å². The van der Waals surface area contributed by atoms with E-state index in [2.05, 4.69) is 40.7 Å². The molecule has 2 aliphatic heterocycles. The minimum atomic E-state index is -0.297. The molecule has 1 amide bonds. The molecular formula is C24H28FN3O2S. The van der Waals surface area contributed by atoms with Crippen molar-refractivity contribution >= 4 is 29.0 Å². The van der Waals surface area contributed by atoms with Crippen molar-refractivity contribution in [1.29, 1.82) is 0 Å². The molecule has 2 saturated heterocycles. The fraction of sp³-hybridized carbons (Fsp3) is 0.458. The highest BCUT2D eigenvalue weighted by molar-refractivity contribution is 7.98. The van der Waals surface area contributed by atoms with Gasteiger partial charge in [0, 0.05) is 49.2 Å². The van der Waals surface area contributed by atoms with Gasteiger partial charge in [0.05, 0.1) is 18.9 Å². The molecule has 3 aliphatic rings. The first-order chi connectivity index (χ1) is 15.1. The van der Waals surface area contributed by atoms with Crippen LogP contribution in [0.5, 0.6) is 0 Å². The number of hydrogen-bond donors (Lipinski definition) is 1. The average Bonchev–Trinajstić information content (AvgIpc) is 3.30. The Balaban J connectivity index is 1.13. The maximum absolute atomic E-state index is 14.6. The van der Waals surface area contributed by atoms with E-state index in [9.17, 15) is 9.18 Å². The largest absolute Gasteiger partial charge is 0.378 e. The highest BCUT2D eigenvalue weighted by atomic mass is 32.2. The van der Waals surface area contributed by atoms with Gasteiger partial charge in [0.1, 0.15) is 5.82 Å². The third-order valence-electron chi connectivity index (χ3n) is 6.70. The monoisotopic (exact) mass is 441 g/mol. The van der Waals surface area contributed by atoms with Crippen molar-refractivity contribution in [2.75, 3.05) is 55.9 Å². The van der Waals surface area contributed by atoms with E-state index in [0.29, 0.717) is 49.5 Å². The number of ether oxygens (including phenoxy) is 1. The average molecular weight is 442 g/mol. The van der Waals surface area contributed by atoms with Gasteiger partial charge < -0.3 is 15.0 Å². The van der Waals surface area contributed by atoms with Gasteiger partial charge in [0.25, 0.3) is 0 Å². The standard InChI is InChI=1S/C24H28FN3O2S/c1-31-18-5-2-16(3-6-18)13-27-14-19-20(15-27)23(19)24(29)26-17-4-7-22(21(25)12-17)28-8-10-30-11-9-28/h2-7,12,19-20,23H,8-11,13-15H2,1H3,(H,26,29). The summed E-state index contributed by atoms with van der Waals surface area (Å²) in [6, 6.07) is 13.7. The molecule has 0 aromatic heterocycles. The van der Waals surface area contributed by atoms with Crippen molar-refractivity contribution < 1.29 is 13.9 Å². The minimum absolute atomic E-state index is 0.0255. The Morgan fingerprint density at radius 1 is 1.13 bits per heavy atom. The van der Waals surface area contributed by atoms with Crippen LogP contribution in [-0.4, -0.2) is 56.5 Å². The number of nitrogens with zero attached hydrogens (tertiary/aromatic N) is 2. The first kappa shape index (κ1) is 20.8. The van der Waals surface area contributed by atoms with Crippen molar-refractivity contribution in [2.24, 2.45) is 17.8 Å². The molecule has 1 N–H and O–H groups in total. The number of anilines is 2. The van der Waals surface area contributed by atoms with E-state index in [0.717, 1.165) is 19.6 Å². The van der Waals surface area contributed by atoms with Crippen molar-refractivity contribution in [3.63, 3.8) is 0 Å². The highest BCUT2D eigenvalue weighted by Gasteiger charge is 2.59. The maximum Gasteiger partial charge on any atom is 0.228 e. The zero-order chi connectivity index (χ0) is 21.4. The summed E-state index contributed by atoms with van der Waals surface area (Å²) in [5.41, 5.74) is 2.43. The van der Waals surface area contributed by atoms with E-state index < -0.39 is 0 Å². The lowest BCUT2D eigenvalue weighted by Gasteiger charge is -2.29. The van der Waals surface area contributed by atoms with Crippen LogP contribution in [0.4, 0.5) is 15.8 Å². The number of fused-ring (bicyclic) bond motifs is 1. The number of likely N-dealkylation sites (tertiary alicyclic amines) is 1. The number of halogens is 1. The summed E-state index contributed by atoms with van der Waals surface area (Å²) >= 11 is 1.75. The van der Waals surface area contributed by atoms with Gasteiger partial charge in [0.15, 0.2) is 0 Å². The third-order valence-corrected chi connectivity index (χ3v) is 7.45. The third kappa shape index (κ3) is 4.45. The van der Waals surface area contributed by atoms with Gasteiger partial charge in [-0.15, -0.1) is 11.8 Å². The summed E-state index contributed by atoms with van der Waals surface area (Å²) in [4.78, 5) is 18.4. The summed E-state index contributed by atoms with van der Waals surface area (Å²) in [6.45, 7) is 5.45. The number of hydrogen-bond acceptors (Lipinski definition) is 5. The Morgan fingerprint density at radius 3 is 2.48 bits per heavy atom. The quantitative estimate of drug-likeness (QED) is 0.693. The van der Waals surface area contributed by atoms with E-state index in [1.54, 1.807) is 23.9 Å². The van der Waals surface area contributed by atoms with Crippen LogP contribution in [0.1, 0.15) is 5.56 Å². The first-order valence-corrected chi connectivity index (χ1v) is 12.1. The second-order valence-corrected chi connectivity index (χ2v) is 9.53. The molecule has 1 aliphatic carbocycles. The van der Waals surface area contributed by atoms with Gasteiger partial charge in [0.2, 0.25) is 5.91 Å². The molecule has 7 heteroatoms. The normalized spacial score (nSPS) is 25.4. The number of carbonyl (C=O) groups excluding carboxylic acids is 1. The molecule has 2 heterocycles. The van der Waals surface area contributed by atoms with Crippen molar-refractivity contribution in [2.45, 2.75) is 11.4 Å². The number of piperidine rings is 1. The smallest absolute Gasteiger partial charge is 0.228 e. The van der Waals surface area contributed by atoms with Crippen LogP contribution in [0.2, 0.25) is 0 Å². The zero-order valence-corrected chi connectivity index (χ0v) is 18.5. The Hall–Kier alpha value is -2.09. The van der Waals surface area contributed by atoms with Gasteiger partial charge in [-0.1, -0.05) is 12.1 Å². The lowest BCUT2D eigenvalue weighted by molar-refractivity contribution is -0.118. The van der Waals surface area contributed by atoms with Gasteiger partial charge in [-0.25, -0.2) is 4.39 Å². The number of benzene rings is 2. The Bertz CT molecular complexity index is 936. The molecule has 2 aromatic rings. The van der Waals surface area contributed by atoms with E-state index in [-0.39, 0.29) is 17.6 Å². The fourth-order valence-electron chi connectivity index (χ4n) is 4.99. The molecule has 2 unspecified atom stereocenters. The second-order valence-electron chi connectivity index (χ2n) is 8.65. The predicted octanol–water partition coefficient (Wildman–Crippen LogP) is 3.70. The Kier molecular flexibility index (Phi) is 5.91. The Morgan fingerprint density at radius 2 is 1.84 bits per heavy atom. The summed E-state index contributed by atoms with van der Waals surface area (Å²) in [5.74, 6) is 0.620. The van der Waals surface area contributed by atoms with Crippen molar-refractivity contribution in [3.05, 3.63) is 53.8 Å². The zero-order valence-electron chi connectivity index (χ0n) is 17.7. The molecule has 5 rings (SSSR count). The predicted molar refractivity (Wildman–Crippen MR) is 122 cm³/mol. The van der Waals surface area contributed by atoms with Crippen molar-refractivity contribution in [1.82, 2.24) is 4.90 Å². The molecule has 2 atom stereocenters. The summed E-state index contributed by atoms with van der Waals surface area (Å²) in [5, 5.41) is 2.94. The van der Waals surface area contributed by atoms with Gasteiger partial charge in [-0.3, -0.25) is 9.69 Å². The topological polar surface area (TPSA) is 44.8 Å². The van der Waals surface area contributed by atoms with Crippen LogP contribution in [-0.2, 0) is 16.1 Å². The van der Waals surface area contributed by atoms with Crippen LogP contribution in [0, 0.1) is 23.6 Å². The van der Waals surface area contributed by atoms with E-state index in [4.69, 9.17) is 4.74 Å². The van der Waals surface area contributed by atoms with Crippen LogP contribution >= 0.6 is 11.8 Å². The highest BCUT2D eigenvalue weighted by Crippen LogP contribution is 2.52. The molecule has 5 nitrogen and oxygen atoms in total. The fourth-order valence-corrected chi connectivity index (χ4v) is 5.40. The molecule has 0 bridgehead atoms. The van der Waals surface area contributed by atoms with Gasteiger partial charge in [-0.05, 0) is 54.0 Å². The molecule has 1 saturated carbocycles. The number of rotatable bonds is 6. The molecule has 3 fully saturated rings. The molecule has 2 aromatic carbocycles. The summed E-state index contributed by atoms with van der Waals surface area (Å²) in [7, 11) is 0. The molecule has 31 heavy (non-hydrogen) atoms. The van der Waals surface area contributed by atoms with Crippen LogP contribution < -0.4 is 10.2 Å². The first-order valence-electron chi connectivity index (χ1n) is 10.9. The van der Waals surface area contributed by atoms with Gasteiger partial charge in [-0.2, -0.15) is 0 Å². The molecule has 164 valence electrons. The SMILES string of the molecule is CSc1ccc(CN2CC3C(C2)C3C(=O)Nc2ccc(N3CCOCC3)c(F)c2)cc1. The van der Waals surface area contributed by atoms with E-state index >= 15 is 0 Å². The van der Waals surface area contributed by atoms with Crippen LogP contribution in [0.25, 0.3) is 0 Å². The lowest BCUT2D eigenvalue weighted by Crippen LogP contribution is -2.36. The van der Waals surface area contributed by atoms with Crippen molar-refractivity contribution in [3.8, 4) is 0 Å². The van der Waals surface area contributed by atoms with Gasteiger partial charge >= 0.3 is 0 Å². The van der Waals surface area contributed by atoms with E-state index in [1.807, 2.05) is 4.90 Å². The number of thioether (sulfide) groups is 1. The summed E-state index contributed by atoms with van der Waals surface area (Å²) in [6.07, 6.45) is 2.08. The number of nitrogens with one attached hydrogen (secondary N) is 1. The number of carbonyl (C=O) groups is 1. The second kappa shape index (κ2) is 8.81. The van der Waals surface area contributed by atoms with Crippen LogP contribution in [0.3, 0.4) is 0 Å². The summed E-state index contributed by atoms with van der Waals surface area (Å²) < 4.78 is 19.9. The molecule has 0 spiro atoms. The number of amides is 1. The molecular weight excluding hydrogens is 413 g/mol. The molecule has 0 radical (unpaired) electrons. The number of morpholine rings is 1. The Labute approximate surface area is 186 Å². The lowest BCUT2D eigenvalue weighted by atomic mass is 10.2. The minimum Gasteiger partial charge on any atom is -0.378 e.